The van der Waals surface area contributed by atoms with Crippen LogP contribution in [-0.2, 0) is 15.1 Å². The van der Waals surface area contributed by atoms with Crippen LogP contribution in [0.1, 0.15) is 23.4 Å². The van der Waals surface area contributed by atoms with E-state index in [1.807, 2.05) is 32.0 Å². The summed E-state index contributed by atoms with van der Waals surface area (Å²) in [5.41, 5.74) is 2.44. The average Bonchev–Trinajstić information content (AvgIpc) is 2.64. The molecule has 2 aliphatic heterocycles. The highest BCUT2D eigenvalue weighted by Gasteiger charge is 2.49. The number of hydrogen-bond acceptors (Lipinski definition) is 5. The number of fused-ring (bicyclic) bond motifs is 1. The lowest BCUT2D eigenvalue weighted by Gasteiger charge is -2.50. The molecule has 2 saturated heterocycles. The quantitative estimate of drug-likeness (QED) is 0.903. The minimum absolute atomic E-state index is 0.0555. The summed E-state index contributed by atoms with van der Waals surface area (Å²) in [7, 11) is 0. The van der Waals surface area contributed by atoms with Gasteiger partial charge in [-0.1, -0.05) is 30.3 Å². The number of nitrogens with one attached hydrogen (secondary N) is 1. The number of amides is 1. The predicted molar refractivity (Wildman–Crippen MR) is 94.3 cm³/mol. The maximum absolute atomic E-state index is 12.1. The third-order valence-corrected chi connectivity index (χ3v) is 5.13. The zero-order valence-electron chi connectivity index (χ0n) is 14.5. The minimum atomic E-state index is -0.474. The second kappa shape index (κ2) is 6.11. The van der Waals surface area contributed by atoms with Gasteiger partial charge in [0.25, 0.3) is 0 Å². The van der Waals surface area contributed by atoms with Crippen molar-refractivity contribution >= 4 is 11.7 Å². The van der Waals surface area contributed by atoms with E-state index in [0.717, 1.165) is 35.7 Å². The smallest absolute Gasteiger partial charge is 0.246 e. The SMILES string of the molecule is Cc1cnc(C)c(N2CC[C@@]3(c4ccccc4)NC(=O)CO[C@@H]3C2)n1. The fourth-order valence-corrected chi connectivity index (χ4v) is 3.87. The van der Waals surface area contributed by atoms with Crippen LogP contribution in [0.2, 0.25) is 0 Å². The number of aromatic nitrogens is 2. The van der Waals surface area contributed by atoms with E-state index >= 15 is 0 Å². The van der Waals surface area contributed by atoms with Crippen molar-refractivity contribution in [1.82, 2.24) is 15.3 Å². The molecule has 2 fully saturated rings. The maximum atomic E-state index is 12.1. The summed E-state index contributed by atoms with van der Waals surface area (Å²) in [6, 6.07) is 10.1. The Morgan fingerprint density at radius 3 is 2.88 bits per heavy atom. The van der Waals surface area contributed by atoms with Gasteiger partial charge in [0.1, 0.15) is 18.5 Å². The van der Waals surface area contributed by atoms with Crippen molar-refractivity contribution in [2.45, 2.75) is 31.9 Å². The van der Waals surface area contributed by atoms with Crippen molar-refractivity contribution in [1.29, 1.82) is 0 Å². The second-order valence-corrected chi connectivity index (χ2v) is 6.80. The normalized spacial score (nSPS) is 26.1. The van der Waals surface area contributed by atoms with Crippen molar-refractivity contribution in [3.63, 3.8) is 0 Å². The summed E-state index contributed by atoms with van der Waals surface area (Å²) in [5.74, 6) is 0.849. The first-order chi connectivity index (χ1) is 12.1. The highest BCUT2D eigenvalue weighted by Crippen LogP contribution is 2.38. The van der Waals surface area contributed by atoms with Crippen LogP contribution in [0.5, 0.6) is 0 Å². The summed E-state index contributed by atoms with van der Waals surface area (Å²) < 4.78 is 5.97. The van der Waals surface area contributed by atoms with Gasteiger partial charge < -0.3 is 15.0 Å². The van der Waals surface area contributed by atoms with Gasteiger partial charge in [0, 0.05) is 19.3 Å². The maximum Gasteiger partial charge on any atom is 0.246 e. The molecule has 2 atom stereocenters. The number of rotatable bonds is 2. The Labute approximate surface area is 147 Å². The molecule has 0 spiro atoms. The van der Waals surface area contributed by atoms with Crippen molar-refractivity contribution in [3.8, 4) is 0 Å². The van der Waals surface area contributed by atoms with E-state index < -0.39 is 5.54 Å². The number of anilines is 1. The molecule has 3 heterocycles. The molecule has 6 heteroatoms. The highest BCUT2D eigenvalue weighted by molar-refractivity contribution is 5.79. The van der Waals surface area contributed by atoms with E-state index in [-0.39, 0.29) is 18.6 Å². The molecule has 6 nitrogen and oxygen atoms in total. The molecule has 0 saturated carbocycles. The average molecular weight is 338 g/mol. The number of nitrogens with zero attached hydrogens (tertiary/aromatic N) is 3. The van der Waals surface area contributed by atoms with Gasteiger partial charge in [0.2, 0.25) is 5.91 Å². The summed E-state index contributed by atoms with van der Waals surface area (Å²) in [6.07, 6.45) is 2.43. The molecular formula is C19H22N4O2. The van der Waals surface area contributed by atoms with Crippen LogP contribution in [0.3, 0.4) is 0 Å². The lowest BCUT2D eigenvalue weighted by atomic mass is 9.77. The number of aryl methyl sites for hydroxylation is 2. The van der Waals surface area contributed by atoms with E-state index in [0.29, 0.717) is 6.54 Å². The number of carbonyl (C=O) groups is 1. The van der Waals surface area contributed by atoms with Crippen LogP contribution in [0.4, 0.5) is 5.82 Å². The van der Waals surface area contributed by atoms with Crippen molar-refractivity contribution in [2.75, 3.05) is 24.6 Å². The first-order valence-corrected chi connectivity index (χ1v) is 8.62. The lowest BCUT2D eigenvalue weighted by molar-refractivity contribution is -0.146. The van der Waals surface area contributed by atoms with Gasteiger partial charge in [-0.3, -0.25) is 9.78 Å². The van der Waals surface area contributed by atoms with E-state index in [1.165, 1.54) is 0 Å². The molecule has 0 aliphatic carbocycles. The predicted octanol–water partition coefficient (Wildman–Crippen LogP) is 1.71. The number of ether oxygens (including phenoxy) is 1. The Morgan fingerprint density at radius 2 is 2.08 bits per heavy atom. The molecule has 1 aromatic carbocycles. The molecule has 0 radical (unpaired) electrons. The van der Waals surface area contributed by atoms with Crippen molar-refractivity contribution in [3.05, 3.63) is 53.5 Å². The fraction of sp³-hybridized carbons (Fsp3) is 0.421. The van der Waals surface area contributed by atoms with Crippen LogP contribution >= 0.6 is 0 Å². The molecule has 4 rings (SSSR count). The Hall–Kier alpha value is -2.47. The van der Waals surface area contributed by atoms with Crippen molar-refractivity contribution in [2.24, 2.45) is 0 Å². The van der Waals surface area contributed by atoms with Crippen LogP contribution in [0.25, 0.3) is 0 Å². The first-order valence-electron chi connectivity index (χ1n) is 8.62. The summed E-state index contributed by atoms with van der Waals surface area (Å²) >= 11 is 0. The standard InChI is InChI=1S/C19H22N4O2/c1-13-10-20-14(2)18(21-13)23-9-8-19(15-6-4-3-5-7-15)16(11-23)25-12-17(24)22-19/h3-7,10,16H,8-9,11-12H2,1-2H3,(H,22,24)/t16-,19+/m1/s1. The van der Waals surface area contributed by atoms with Gasteiger partial charge in [-0.15, -0.1) is 0 Å². The molecule has 1 aromatic heterocycles. The summed E-state index contributed by atoms with van der Waals surface area (Å²) in [4.78, 5) is 23.4. The molecule has 2 aliphatic rings. The molecule has 130 valence electrons. The third-order valence-electron chi connectivity index (χ3n) is 5.13. The van der Waals surface area contributed by atoms with Crippen LogP contribution in [-0.4, -0.2) is 41.7 Å². The zero-order chi connectivity index (χ0) is 17.4. The molecule has 0 bridgehead atoms. The fourth-order valence-electron chi connectivity index (χ4n) is 3.87. The van der Waals surface area contributed by atoms with E-state index in [1.54, 1.807) is 6.20 Å². The molecule has 0 unspecified atom stereocenters. The highest BCUT2D eigenvalue weighted by atomic mass is 16.5. The number of piperidine rings is 1. The van der Waals surface area contributed by atoms with Gasteiger partial charge in [-0.05, 0) is 25.8 Å². The van der Waals surface area contributed by atoms with Gasteiger partial charge >= 0.3 is 0 Å². The number of morpholine rings is 1. The monoisotopic (exact) mass is 338 g/mol. The van der Waals surface area contributed by atoms with Gasteiger partial charge in [0.15, 0.2) is 0 Å². The number of carbonyl (C=O) groups excluding carboxylic acids is 1. The van der Waals surface area contributed by atoms with Gasteiger partial charge in [-0.25, -0.2) is 4.98 Å². The Balaban J connectivity index is 1.68. The largest absolute Gasteiger partial charge is 0.364 e. The lowest BCUT2D eigenvalue weighted by Crippen LogP contribution is -2.66. The molecule has 2 aromatic rings. The van der Waals surface area contributed by atoms with Crippen LogP contribution in [0, 0.1) is 13.8 Å². The number of benzene rings is 1. The van der Waals surface area contributed by atoms with E-state index in [9.17, 15) is 4.79 Å². The molecule has 1 N–H and O–H groups in total. The van der Waals surface area contributed by atoms with Gasteiger partial charge in [0.05, 0.1) is 16.9 Å². The Morgan fingerprint density at radius 1 is 1.28 bits per heavy atom. The van der Waals surface area contributed by atoms with Crippen LogP contribution < -0.4 is 10.2 Å². The Kier molecular flexibility index (Phi) is 3.92. The summed E-state index contributed by atoms with van der Waals surface area (Å²) in [6.45, 7) is 5.49. The molecule has 1 amide bonds. The molecular weight excluding hydrogens is 316 g/mol. The third kappa shape index (κ3) is 2.76. The topological polar surface area (TPSA) is 67.4 Å². The minimum Gasteiger partial charge on any atom is -0.364 e. The zero-order valence-corrected chi connectivity index (χ0v) is 14.5. The Bertz CT molecular complexity index is 795. The van der Waals surface area contributed by atoms with Gasteiger partial charge in [-0.2, -0.15) is 0 Å². The number of hydrogen-bond donors (Lipinski definition) is 1. The van der Waals surface area contributed by atoms with Crippen LogP contribution in [0.15, 0.2) is 36.5 Å². The second-order valence-electron chi connectivity index (χ2n) is 6.80. The van der Waals surface area contributed by atoms with E-state index in [4.69, 9.17) is 4.74 Å². The molecule has 25 heavy (non-hydrogen) atoms. The summed E-state index contributed by atoms with van der Waals surface area (Å²) in [5, 5.41) is 3.22. The van der Waals surface area contributed by atoms with Crippen molar-refractivity contribution < 1.29 is 9.53 Å². The van der Waals surface area contributed by atoms with E-state index in [2.05, 4.69) is 32.3 Å². The first kappa shape index (κ1) is 16.0.